The monoisotopic (exact) mass is 238 g/mol. The lowest BCUT2D eigenvalue weighted by Gasteiger charge is -2.04. The van der Waals surface area contributed by atoms with E-state index in [2.05, 4.69) is 9.82 Å². The molecule has 0 spiro atoms. The SMILES string of the molecule is N#Cc1cnc(NOCC(=O)O)c([N+](=O)[O-])c1. The van der Waals surface area contributed by atoms with Crippen molar-refractivity contribution in [3.8, 4) is 6.07 Å². The van der Waals surface area contributed by atoms with E-state index in [0.717, 1.165) is 12.3 Å². The third kappa shape index (κ3) is 3.40. The van der Waals surface area contributed by atoms with Crippen molar-refractivity contribution in [2.45, 2.75) is 0 Å². The molecule has 0 bridgehead atoms. The number of aromatic nitrogens is 1. The van der Waals surface area contributed by atoms with Gasteiger partial charge in [0.15, 0.2) is 6.61 Å². The van der Waals surface area contributed by atoms with Crippen LogP contribution in [0.4, 0.5) is 11.5 Å². The lowest BCUT2D eigenvalue weighted by molar-refractivity contribution is -0.384. The molecule has 0 aliphatic rings. The second-order valence-corrected chi connectivity index (χ2v) is 2.75. The second kappa shape index (κ2) is 5.38. The second-order valence-electron chi connectivity index (χ2n) is 2.75. The molecule has 1 heterocycles. The van der Waals surface area contributed by atoms with E-state index in [1.807, 2.05) is 5.48 Å². The lowest BCUT2D eigenvalue weighted by Crippen LogP contribution is -2.13. The maximum Gasteiger partial charge on any atom is 0.332 e. The number of aliphatic carboxylic acids is 1. The van der Waals surface area contributed by atoms with Crippen LogP contribution in [-0.4, -0.2) is 27.6 Å². The smallest absolute Gasteiger partial charge is 0.332 e. The highest BCUT2D eigenvalue weighted by atomic mass is 16.7. The highest BCUT2D eigenvalue weighted by Crippen LogP contribution is 2.22. The van der Waals surface area contributed by atoms with Crippen LogP contribution in [-0.2, 0) is 9.63 Å². The molecule has 9 heteroatoms. The first-order valence-corrected chi connectivity index (χ1v) is 4.18. The van der Waals surface area contributed by atoms with Gasteiger partial charge in [0.05, 0.1) is 10.5 Å². The Morgan fingerprint density at radius 2 is 2.47 bits per heavy atom. The molecule has 0 atom stereocenters. The molecule has 9 nitrogen and oxygen atoms in total. The highest BCUT2D eigenvalue weighted by molar-refractivity contribution is 5.68. The average Bonchev–Trinajstić information content (AvgIpc) is 2.28. The quantitative estimate of drug-likeness (QED) is 0.551. The fourth-order valence-corrected chi connectivity index (χ4v) is 0.898. The molecule has 0 aliphatic heterocycles. The minimum atomic E-state index is -1.24. The van der Waals surface area contributed by atoms with Crippen LogP contribution in [0, 0.1) is 21.4 Å². The molecule has 17 heavy (non-hydrogen) atoms. The number of nitrogens with one attached hydrogen (secondary N) is 1. The molecular weight excluding hydrogens is 232 g/mol. The number of hydrogen-bond acceptors (Lipinski definition) is 7. The first-order valence-electron chi connectivity index (χ1n) is 4.18. The van der Waals surface area contributed by atoms with Crippen molar-refractivity contribution in [2.75, 3.05) is 12.1 Å². The average molecular weight is 238 g/mol. The van der Waals surface area contributed by atoms with Gasteiger partial charge in [-0.05, 0) is 0 Å². The fourth-order valence-electron chi connectivity index (χ4n) is 0.898. The van der Waals surface area contributed by atoms with E-state index < -0.39 is 23.2 Å². The first kappa shape index (κ1) is 12.3. The van der Waals surface area contributed by atoms with Gasteiger partial charge < -0.3 is 5.11 Å². The van der Waals surface area contributed by atoms with Gasteiger partial charge in [-0.25, -0.2) is 15.3 Å². The number of nitrogens with zero attached hydrogens (tertiary/aromatic N) is 3. The van der Waals surface area contributed by atoms with Crippen LogP contribution >= 0.6 is 0 Å². The van der Waals surface area contributed by atoms with E-state index >= 15 is 0 Å². The number of nitriles is 1. The molecular formula is C8H6N4O5. The zero-order chi connectivity index (χ0) is 12.8. The first-order chi connectivity index (χ1) is 8.04. The molecule has 1 rings (SSSR count). The summed E-state index contributed by atoms with van der Waals surface area (Å²) in [5.74, 6) is -1.51. The van der Waals surface area contributed by atoms with E-state index in [4.69, 9.17) is 10.4 Å². The third-order valence-electron chi connectivity index (χ3n) is 1.56. The Kier molecular flexibility index (Phi) is 3.91. The highest BCUT2D eigenvalue weighted by Gasteiger charge is 2.16. The molecule has 0 amide bonds. The van der Waals surface area contributed by atoms with Crippen LogP contribution in [0.3, 0.4) is 0 Å². The number of carboxylic acid groups (broad SMARTS) is 1. The molecule has 0 saturated heterocycles. The topological polar surface area (TPSA) is 138 Å². The van der Waals surface area contributed by atoms with Crippen LogP contribution in [0.15, 0.2) is 12.3 Å². The number of hydrogen-bond donors (Lipinski definition) is 2. The van der Waals surface area contributed by atoms with Gasteiger partial charge in [0.2, 0.25) is 5.82 Å². The number of nitro groups is 1. The molecule has 0 unspecified atom stereocenters. The molecule has 1 aromatic heterocycles. The predicted octanol–water partition coefficient (Wildman–Crippen LogP) is 0.290. The summed E-state index contributed by atoms with van der Waals surface area (Å²) in [6, 6.07) is 2.69. The summed E-state index contributed by atoms with van der Waals surface area (Å²) < 4.78 is 0. The van der Waals surface area contributed by atoms with Gasteiger partial charge in [-0.3, -0.25) is 15.0 Å². The van der Waals surface area contributed by atoms with Crippen molar-refractivity contribution >= 4 is 17.5 Å². The zero-order valence-corrected chi connectivity index (χ0v) is 8.28. The largest absolute Gasteiger partial charge is 0.479 e. The van der Waals surface area contributed by atoms with E-state index in [1.54, 1.807) is 6.07 Å². The summed E-state index contributed by atoms with van der Waals surface area (Å²) in [5, 5.41) is 27.5. The van der Waals surface area contributed by atoms with E-state index in [9.17, 15) is 14.9 Å². The van der Waals surface area contributed by atoms with Crippen molar-refractivity contribution in [1.29, 1.82) is 5.26 Å². The van der Waals surface area contributed by atoms with Crippen molar-refractivity contribution in [3.63, 3.8) is 0 Å². The summed E-state index contributed by atoms with van der Waals surface area (Å²) in [6.07, 6.45) is 1.10. The summed E-state index contributed by atoms with van der Waals surface area (Å²) in [6.45, 7) is -0.682. The molecule has 0 radical (unpaired) electrons. The molecule has 0 saturated carbocycles. The van der Waals surface area contributed by atoms with Crippen LogP contribution < -0.4 is 5.48 Å². The van der Waals surface area contributed by atoms with Gasteiger partial charge in [-0.1, -0.05) is 0 Å². The molecule has 2 N–H and O–H groups in total. The van der Waals surface area contributed by atoms with Gasteiger partial charge in [0.1, 0.15) is 6.07 Å². The standard InChI is InChI=1S/C8H6N4O5/c9-2-5-1-6(12(15)16)8(10-3-5)11-17-4-7(13)14/h1,3H,4H2,(H,10,11)(H,13,14). The number of carboxylic acids is 1. The Labute approximate surface area is 94.4 Å². The Morgan fingerprint density at radius 3 is 3.00 bits per heavy atom. The van der Waals surface area contributed by atoms with Gasteiger partial charge in [0, 0.05) is 12.3 Å². The van der Waals surface area contributed by atoms with E-state index in [1.165, 1.54) is 0 Å². The number of rotatable bonds is 5. The van der Waals surface area contributed by atoms with Crippen LogP contribution in [0.5, 0.6) is 0 Å². The summed E-state index contributed by atoms with van der Waals surface area (Å²) >= 11 is 0. The maximum absolute atomic E-state index is 10.6. The van der Waals surface area contributed by atoms with Crippen LogP contribution in [0.25, 0.3) is 0 Å². The maximum atomic E-state index is 10.6. The lowest BCUT2D eigenvalue weighted by atomic mass is 10.3. The molecule has 88 valence electrons. The van der Waals surface area contributed by atoms with E-state index in [-0.39, 0.29) is 11.4 Å². The van der Waals surface area contributed by atoms with Crippen molar-refractivity contribution < 1.29 is 19.7 Å². The Balaban J connectivity index is 2.88. The van der Waals surface area contributed by atoms with Crippen molar-refractivity contribution in [3.05, 3.63) is 27.9 Å². The van der Waals surface area contributed by atoms with Crippen molar-refractivity contribution in [1.82, 2.24) is 4.98 Å². The summed E-state index contributed by atoms with van der Waals surface area (Å²) in [5.41, 5.74) is 1.57. The molecule has 1 aromatic rings. The summed E-state index contributed by atoms with van der Waals surface area (Å²) in [7, 11) is 0. The number of anilines is 1. The molecule has 0 fully saturated rings. The minimum absolute atomic E-state index is 0.0143. The summed E-state index contributed by atoms with van der Waals surface area (Å²) in [4.78, 5) is 28.0. The van der Waals surface area contributed by atoms with Crippen LogP contribution in [0.2, 0.25) is 0 Å². The Bertz CT molecular complexity index is 495. The van der Waals surface area contributed by atoms with Crippen LogP contribution in [0.1, 0.15) is 5.56 Å². The van der Waals surface area contributed by atoms with Gasteiger partial charge >= 0.3 is 11.7 Å². The minimum Gasteiger partial charge on any atom is -0.479 e. The Morgan fingerprint density at radius 1 is 1.76 bits per heavy atom. The molecule has 0 aliphatic carbocycles. The van der Waals surface area contributed by atoms with Gasteiger partial charge in [-0.15, -0.1) is 0 Å². The molecule has 0 aromatic carbocycles. The van der Waals surface area contributed by atoms with Crippen molar-refractivity contribution in [2.24, 2.45) is 0 Å². The van der Waals surface area contributed by atoms with Gasteiger partial charge in [-0.2, -0.15) is 5.26 Å². The Hall–Kier alpha value is -2.73. The van der Waals surface area contributed by atoms with E-state index in [0.29, 0.717) is 0 Å². The zero-order valence-electron chi connectivity index (χ0n) is 8.28. The third-order valence-corrected chi connectivity index (χ3v) is 1.56. The predicted molar refractivity (Wildman–Crippen MR) is 52.8 cm³/mol. The van der Waals surface area contributed by atoms with Gasteiger partial charge in [0.25, 0.3) is 0 Å². The fraction of sp³-hybridized carbons (Fsp3) is 0.125. The number of carbonyl (C=O) groups is 1. The number of pyridine rings is 1. The normalized spacial score (nSPS) is 9.35.